The SMILES string of the molecule is CC(Nc1cc(F)cc(Cl)c1)c1cnc2ccsc2c1. The average Bonchev–Trinajstić information content (AvgIpc) is 2.84. The van der Waals surface area contributed by atoms with Crippen molar-refractivity contribution in [1.29, 1.82) is 0 Å². The number of hydrogen-bond donors (Lipinski definition) is 1. The summed E-state index contributed by atoms with van der Waals surface area (Å²) in [5.74, 6) is -0.348. The van der Waals surface area contributed by atoms with Gasteiger partial charge in [-0.1, -0.05) is 11.6 Å². The third-order valence-corrected chi connectivity index (χ3v) is 4.14. The Hall–Kier alpha value is -1.65. The van der Waals surface area contributed by atoms with E-state index in [9.17, 15) is 4.39 Å². The zero-order chi connectivity index (χ0) is 14.1. The molecule has 0 fully saturated rings. The number of rotatable bonds is 3. The lowest BCUT2D eigenvalue weighted by Gasteiger charge is -2.15. The maximum atomic E-state index is 13.3. The highest BCUT2D eigenvalue weighted by Gasteiger charge is 2.09. The van der Waals surface area contributed by atoms with Gasteiger partial charge in [-0.15, -0.1) is 11.3 Å². The fraction of sp³-hybridized carbons (Fsp3) is 0.133. The fourth-order valence-electron chi connectivity index (χ4n) is 2.07. The molecule has 2 nitrogen and oxygen atoms in total. The number of nitrogens with zero attached hydrogens (tertiary/aromatic N) is 1. The topological polar surface area (TPSA) is 24.9 Å². The van der Waals surface area contributed by atoms with Crippen LogP contribution in [0, 0.1) is 5.82 Å². The van der Waals surface area contributed by atoms with Gasteiger partial charge in [-0.25, -0.2) is 4.39 Å². The molecular formula is C15H12ClFN2S. The zero-order valence-corrected chi connectivity index (χ0v) is 12.3. The highest BCUT2D eigenvalue weighted by molar-refractivity contribution is 7.17. The Kier molecular flexibility index (Phi) is 3.59. The summed E-state index contributed by atoms with van der Waals surface area (Å²) in [4.78, 5) is 4.41. The summed E-state index contributed by atoms with van der Waals surface area (Å²) >= 11 is 7.51. The largest absolute Gasteiger partial charge is 0.378 e. The first-order valence-corrected chi connectivity index (χ1v) is 7.43. The summed E-state index contributed by atoms with van der Waals surface area (Å²) < 4.78 is 14.5. The number of benzene rings is 1. The minimum absolute atomic E-state index is 0.0202. The van der Waals surface area contributed by atoms with E-state index in [1.807, 2.05) is 24.6 Å². The molecule has 0 amide bonds. The van der Waals surface area contributed by atoms with Gasteiger partial charge >= 0.3 is 0 Å². The molecule has 2 heterocycles. The molecule has 0 aliphatic carbocycles. The molecule has 0 spiro atoms. The van der Waals surface area contributed by atoms with Gasteiger partial charge in [-0.2, -0.15) is 0 Å². The summed E-state index contributed by atoms with van der Waals surface area (Å²) in [6.45, 7) is 2.01. The van der Waals surface area contributed by atoms with E-state index in [1.165, 1.54) is 12.1 Å². The summed E-state index contributed by atoms with van der Waals surface area (Å²) in [7, 11) is 0. The van der Waals surface area contributed by atoms with Gasteiger partial charge in [0.15, 0.2) is 0 Å². The van der Waals surface area contributed by atoms with Crippen LogP contribution in [-0.2, 0) is 0 Å². The Morgan fingerprint density at radius 1 is 1.30 bits per heavy atom. The van der Waals surface area contributed by atoms with E-state index < -0.39 is 0 Å². The second-order valence-electron chi connectivity index (χ2n) is 4.60. The average molecular weight is 307 g/mol. The lowest BCUT2D eigenvalue weighted by Crippen LogP contribution is -2.07. The van der Waals surface area contributed by atoms with Gasteiger partial charge in [-0.3, -0.25) is 4.98 Å². The van der Waals surface area contributed by atoms with Crippen molar-refractivity contribution in [3.8, 4) is 0 Å². The number of pyridine rings is 1. The van der Waals surface area contributed by atoms with Crippen LogP contribution < -0.4 is 5.32 Å². The number of aromatic nitrogens is 1. The van der Waals surface area contributed by atoms with Gasteiger partial charge in [0.25, 0.3) is 0 Å². The Morgan fingerprint density at radius 2 is 2.15 bits per heavy atom. The minimum Gasteiger partial charge on any atom is -0.378 e. The molecule has 1 unspecified atom stereocenters. The number of nitrogens with one attached hydrogen (secondary N) is 1. The third-order valence-electron chi connectivity index (χ3n) is 3.07. The van der Waals surface area contributed by atoms with Crippen molar-refractivity contribution in [2.24, 2.45) is 0 Å². The molecule has 0 radical (unpaired) electrons. The Morgan fingerprint density at radius 3 is 2.95 bits per heavy atom. The highest BCUT2D eigenvalue weighted by atomic mass is 35.5. The number of thiophene rings is 1. The summed E-state index contributed by atoms with van der Waals surface area (Å²) in [6, 6.07) is 8.54. The van der Waals surface area contributed by atoms with E-state index in [2.05, 4.69) is 16.4 Å². The second-order valence-corrected chi connectivity index (χ2v) is 5.98. The molecule has 0 saturated heterocycles. The van der Waals surface area contributed by atoms with Crippen LogP contribution in [-0.4, -0.2) is 4.98 Å². The summed E-state index contributed by atoms with van der Waals surface area (Å²) in [6.07, 6.45) is 1.84. The lowest BCUT2D eigenvalue weighted by molar-refractivity contribution is 0.628. The first-order valence-electron chi connectivity index (χ1n) is 6.17. The first kappa shape index (κ1) is 13.3. The normalized spacial score (nSPS) is 12.6. The monoisotopic (exact) mass is 306 g/mol. The van der Waals surface area contributed by atoms with E-state index in [1.54, 1.807) is 17.4 Å². The molecule has 0 bridgehead atoms. The van der Waals surface area contributed by atoms with Crippen molar-refractivity contribution in [2.45, 2.75) is 13.0 Å². The maximum absolute atomic E-state index is 13.3. The molecule has 102 valence electrons. The van der Waals surface area contributed by atoms with E-state index >= 15 is 0 Å². The highest BCUT2D eigenvalue weighted by Crippen LogP contribution is 2.26. The van der Waals surface area contributed by atoms with Crippen molar-refractivity contribution in [1.82, 2.24) is 4.98 Å². The molecule has 3 rings (SSSR count). The Labute approximate surface area is 125 Å². The first-order chi connectivity index (χ1) is 9.61. The Balaban J connectivity index is 1.86. The van der Waals surface area contributed by atoms with Crippen molar-refractivity contribution < 1.29 is 4.39 Å². The van der Waals surface area contributed by atoms with Crippen LogP contribution in [0.25, 0.3) is 10.2 Å². The molecule has 3 aromatic rings. The van der Waals surface area contributed by atoms with E-state index in [0.717, 1.165) is 15.8 Å². The van der Waals surface area contributed by atoms with Gasteiger partial charge in [-0.05, 0) is 48.2 Å². The zero-order valence-electron chi connectivity index (χ0n) is 10.7. The van der Waals surface area contributed by atoms with Crippen LogP contribution in [0.15, 0.2) is 41.9 Å². The predicted molar refractivity (Wildman–Crippen MR) is 83.1 cm³/mol. The van der Waals surface area contributed by atoms with Gasteiger partial charge < -0.3 is 5.32 Å². The summed E-state index contributed by atoms with van der Waals surface area (Å²) in [5.41, 5.74) is 2.72. The molecule has 5 heteroatoms. The van der Waals surface area contributed by atoms with Crippen LogP contribution in [0.5, 0.6) is 0 Å². The van der Waals surface area contributed by atoms with Crippen molar-refractivity contribution in [3.63, 3.8) is 0 Å². The van der Waals surface area contributed by atoms with Crippen LogP contribution in [0.4, 0.5) is 10.1 Å². The van der Waals surface area contributed by atoms with Crippen molar-refractivity contribution in [3.05, 3.63) is 58.3 Å². The number of anilines is 1. The Bertz CT molecular complexity index is 736. The van der Waals surface area contributed by atoms with E-state index in [4.69, 9.17) is 11.6 Å². The maximum Gasteiger partial charge on any atom is 0.126 e. The van der Waals surface area contributed by atoms with Crippen LogP contribution in [0.1, 0.15) is 18.5 Å². The molecule has 0 aliphatic rings. The molecule has 1 atom stereocenters. The van der Waals surface area contributed by atoms with E-state index in [0.29, 0.717) is 10.7 Å². The van der Waals surface area contributed by atoms with Crippen molar-refractivity contribution >= 4 is 38.8 Å². The van der Waals surface area contributed by atoms with Gasteiger partial charge in [0.1, 0.15) is 5.82 Å². The standard InChI is InChI=1S/C15H12ClFN2S/c1-9(19-13-6-11(16)5-12(17)7-13)10-4-15-14(18-8-10)2-3-20-15/h2-9,19H,1H3. The summed E-state index contributed by atoms with van der Waals surface area (Å²) in [5, 5.41) is 5.64. The predicted octanol–water partition coefficient (Wildman–Crippen LogP) is 5.26. The van der Waals surface area contributed by atoms with Crippen molar-refractivity contribution in [2.75, 3.05) is 5.32 Å². The molecule has 1 aromatic carbocycles. The number of fused-ring (bicyclic) bond motifs is 1. The minimum atomic E-state index is -0.348. The molecule has 0 aliphatic heterocycles. The molecule has 0 saturated carbocycles. The molecule has 2 aromatic heterocycles. The van der Waals surface area contributed by atoms with Gasteiger partial charge in [0.2, 0.25) is 0 Å². The number of halogens is 2. The van der Waals surface area contributed by atoms with E-state index in [-0.39, 0.29) is 11.9 Å². The quantitative estimate of drug-likeness (QED) is 0.713. The molecule has 1 N–H and O–H groups in total. The smallest absolute Gasteiger partial charge is 0.126 e. The third kappa shape index (κ3) is 2.76. The fourth-order valence-corrected chi connectivity index (χ4v) is 3.08. The molecule has 20 heavy (non-hydrogen) atoms. The van der Waals surface area contributed by atoms with Gasteiger partial charge in [0, 0.05) is 16.9 Å². The van der Waals surface area contributed by atoms with Crippen LogP contribution in [0.2, 0.25) is 5.02 Å². The van der Waals surface area contributed by atoms with Crippen LogP contribution >= 0.6 is 22.9 Å². The van der Waals surface area contributed by atoms with Crippen LogP contribution in [0.3, 0.4) is 0 Å². The van der Waals surface area contributed by atoms with Gasteiger partial charge in [0.05, 0.1) is 16.3 Å². The lowest BCUT2D eigenvalue weighted by atomic mass is 10.1. The second kappa shape index (κ2) is 5.38. The molecular weight excluding hydrogens is 295 g/mol. The number of hydrogen-bond acceptors (Lipinski definition) is 3.